The molecule has 1 aliphatic heterocycles. The van der Waals surface area contributed by atoms with E-state index in [1.54, 1.807) is 36.4 Å². The summed E-state index contributed by atoms with van der Waals surface area (Å²) in [6.07, 6.45) is 1.31. The van der Waals surface area contributed by atoms with E-state index in [0.717, 1.165) is 6.07 Å². The van der Waals surface area contributed by atoms with Gasteiger partial charge in [0.25, 0.3) is 11.8 Å². The number of carbonyl (C=O) groups is 3. The molecule has 1 N–H and O–H groups in total. The highest BCUT2D eigenvalue weighted by atomic mass is 79.9. The van der Waals surface area contributed by atoms with Crippen LogP contribution in [0.1, 0.15) is 11.1 Å². The first-order valence-electron chi connectivity index (χ1n) is 9.76. The Morgan fingerprint density at radius 1 is 1.03 bits per heavy atom. The predicted octanol–water partition coefficient (Wildman–Crippen LogP) is 6.14. The number of barbiturate groups is 1. The second-order valence-electron chi connectivity index (χ2n) is 7.14. The molecule has 1 saturated heterocycles. The third-order valence-corrected chi connectivity index (χ3v) is 5.92. The topological polar surface area (TPSA) is 75.7 Å². The maximum absolute atomic E-state index is 13.7. The molecule has 34 heavy (non-hydrogen) atoms. The molecule has 4 amide bonds. The molecule has 0 unspecified atom stereocenters. The van der Waals surface area contributed by atoms with Crippen molar-refractivity contribution >= 4 is 68.7 Å². The first kappa shape index (κ1) is 23.9. The highest BCUT2D eigenvalue weighted by Gasteiger charge is 2.37. The summed E-state index contributed by atoms with van der Waals surface area (Å²) in [4.78, 5) is 38.6. The highest BCUT2D eigenvalue weighted by Crippen LogP contribution is 2.30. The number of imide groups is 2. The number of halogens is 4. The number of amides is 4. The number of ether oxygens (including phenoxy) is 1. The van der Waals surface area contributed by atoms with Crippen molar-refractivity contribution in [2.24, 2.45) is 0 Å². The lowest BCUT2D eigenvalue weighted by Crippen LogP contribution is -2.54. The van der Waals surface area contributed by atoms with Crippen LogP contribution in [0.5, 0.6) is 5.75 Å². The number of anilines is 1. The van der Waals surface area contributed by atoms with E-state index in [0.29, 0.717) is 36.3 Å². The molecular formula is C24H14BrCl2FN2O4. The number of hydrogen-bond donors (Lipinski definition) is 1. The lowest BCUT2D eigenvalue weighted by molar-refractivity contribution is -0.122. The van der Waals surface area contributed by atoms with Gasteiger partial charge in [-0.25, -0.2) is 14.1 Å². The minimum Gasteiger partial charge on any atom is -0.488 e. The maximum atomic E-state index is 13.7. The number of carbonyl (C=O) groups excluding carboxylic acids is 3. The van der Waals surface area contributed by atoms with Gasteiger partial charge in [0.2, 0.25) is 0 Å². The van der Waals surface area contributed by atoms with Crippen LogP contribution in [0.25, 0.3) is 6.08 Å². The van der Waals surface area contributed by atoms with Gasteiger partial charge < -0.3 is 4.74 Å². The first-order valence-corrected chi connectivity index (χ1v) is 11.3. The number of nitrogens with one attached hydrogen (secondary N) is 1. The van der Waals surface area contributed by atoms with E-state index in [-0.39, 0.29) is 17.9 Å². The molecule has 0 atom stereocenters. The highest BCUT2D eigenvalue weighted by molar-refractivity contribution is 9.10. The molecule has 0 radical (unpaired) electrons. The molecule has 6 nitrogen and oxygen atoms in total. The molecule has 0 spiro atoms. The zero-order chi connectivity index (χ0) is 24.4. The van der Waals surface area contributed by atoms with Crippen molar-refractivity contribution in [2.45, 2.75) is 6.61 Å². The molecule has 4 rings (SSSR count). The first-order chi connectivity index (χ1) is 16.2. The fourth-order valence-corrected chi connectivity index (χ4v) is 4.06. The Morgan fingerprint density at radius 2 is 1.82 bits per heavy atom. The Balaban J connectivity index is 1.68. The molecule has 1 heterocycles. The number of rotatable bonds is 5. The van der Waals surface area contributed by atoms with Crippen molar-refractivity contribution in [2.75, 3.05) is 4.90 Å². The smallest absolute Gasteiger partial charge is 0.335 e. The van der Waals surface area contributed by atoms with Crippen molar-refractivity contribution in [3.05, 3.63) is 97.7 Å². The van der Waals surface area contributed by atoms with Crippen LogP contribution in [0.15, 0.2) is 70.7 Å². The molecule has 10 heteroatoms. The van der Waals surface area contributed by atoms with E-state index < -0.39 is 23.7 Å². The summed E-state index contributed by atoms with van der Waals surface area (Å²) in [5.41, 5.74) is 0.744. The lowest BCUT2D eigenvalue weighted by Gasteiger charge is -2.26. The van der Waals surface area contributed by atoms with Crippen LogP contribution in [-0.4, -0.2) is 17.8 Å². The standard InChI is InChI=1S/C24H14BrCl2FN2O4/c25-15-5-7-21(34-12-13-4-6-16(26)10-20(13)27)14(8-15)9-19-22(31)29-24(33)30(23(19)32)18-3-1-2-17(28)11-18/h1-11H,12H2,(H,29,31,33)/b19-9+. The van der Waals surface area contributed by atoms with Gasteiger partial charge in [-0.15, -0.1) is 0 Å². The number of nitrogens with zero attached hydrogens (tertiary/aromatic N) is 1. The molecule has 172 valence electrons. The Morgan fingerprint density at radius 3 is 2.56 bits per heavy atom. The van der Waals surface area contributed by atoms with Gasteiger partial charge in [-0.3, -0.25) is 14.9 Å². The average molecular weight is 564 g/mol. The predicted molar refractivity (Wildman–Crippen MR) is 130 cm³/mol. The molecule has 0 saturated carbocycles. The van der Waals surface area contributed by atoms with E-state index in [1.807, 2.05) is 0 Å². The molecule has 1 aliphatic rings. The van der Waals surface area contributed by atoms with Crippen molar-refractivity contribution in [3.63, 3.8) is 0 Å². The van der Waals surface area contributed by atoms with E-state index in [2.05, 4.69) is 21.2 Å². The summed E-state index contributed by atoms with van der Waals surface area (Å²) in [7, 11) is 0. The molecular weight excluding hydrogens is 550 g/mol. The maximum Gasteiger partial charge on any atom is 0.335 e. The Labute approximate surface area is 212 Å². The Kier molecular flexibility index (Phi) is 7.02. The van der Waals surface area contributed by atoms with Crippen molar-refractivity contribution in [1.82, 2.24) is 5.32 Å². The summed E-state index contributed by atoms with van der Waals surface area (Å²) in [5.74, 6) is -2.05. The monoisotopic (exact) mass is 562 g/mol. The molecule has 3 aromatic rings. The van der Waals surface area contributed by atoms with Gasteiger partial charge in [0, 0.05) is 25.6 Å². The fraction of sp³-hybridized carbons (Fsp3) is 0.0417. The van der Waals surface area contributed by atoms with Gasteiger partial charge in [-0.2, -0.15) is 0 Å². The van der Waals surface area contributed by atoms with E-state index in [1.165, 1.54) is 24.3 Å². The molecule has 0 aliphatic carbocycles. The molecule has 1 fully saturated rings. The summed E-state index contributed by atoms with van der Waals surface area (Å²) in [6, 6.07) is 14.0. The zero-order valence-corrected chi connectivity index (χ0v) is 20.2. The number of urea groups is 1. The Hall–Kier alpha value is -3.20. The van der Waals surface area contributed by atoms with Gasteiger partial charge in [-0.05, 0) is 54.6 Å². The van der Waals surface area contributed by atoms with Crippen LogP contribution in [0, 0.1) is 5.82 Å². The zero-order valence-electron chi connectivity index (χ0n) is 17.2. The second kappa shape index (κ2) is 9.97. The molecule has 0 bridgehead atoms. The average Bonchev–Trinajstić information content (AvgIpc) is 2.77. The van der Waals surface area contributed by atoms with Crippen LogP contribution in [-0.2, 0) is 16.2 Å². The summed E-state index contributed by atoms with van der Waals surface area (Å²) < 4.78 is 20.2. The van der Waals surface area contributed by atoms with Crippen molar-refractivity contribution in [3.8, 4) is 5.75 Å². The Bertz CT molecular complexity index is 1360. The van der Waals surface area contributed by atoms with Gasteiger partial charge in [0.15, 0.2) is 0 Å². The normalized spacial score (nSPS) is 15.0. The van der Waals surface area contributed by atoms with E-state index in [9.17, 15) is 18.8 Å². The van der Waals surface area contributed by atoms with Crippen LogP contribution in [0.2, 0.25) is 10.0 Å². The summed E-state index contributed by atoms with van der Waals surface area (Å²) in [6.45, 7) is 0.0991. The lowest BCUT2D eigenvalue weighted by atomic mass is 10.1. The largest absolute Gasteiger partial charge is 0.488 e. The minimum absolute atomic E-state index is 0.0102. The summed E-state index contributed by atoms with van der Waals surface area (Å²) >= 11 is 15.5. The van der Waals surface area contributed by atoms with Crippen molar-refractivity contribution < 1.29 is 23.5 Å². The van der Waals surface area contributed by atoms with Crippen molar-refractivity contribution in [1.29, 1.82) is 0 Å². The van der Waals surface area contributed by atoms with E-state index >= 15 is 0 Å². The number of hydrogen-bond acceptors (Lipinski definition) is 4. The fourth-order valence-electron chi connectivity index (χ4n) is 3.22. The van der Waals surface area contributed by atoms with Gasteiger partial charge >= 0.3 is 6.03 Å². The van der Waals surface area contributed by atoms with Crippen LogP contribution >= 0.6 is 39.1 Å². The van der Waals surface area contributed by atoms with E-state index in [4.69, 9.17) is 27.9 Å². The van der Waals surface area contributed by atoms with Crippen LogP contribution in [0.3, 0.4) is 0 Å². The second-order valence-corrected chi connectivity index (χ2v) is 8.90. The SMILES string of the molecule is O=C1NC(=O)N(c2cccc(F)c2)C(=O)/C1=C/c1cc(Br)ccc1OCc1ccc(Cl)cc1Cl. The molecule has 3 aromatic carbocycles. The third-order valence-electron chi connectivity index (χ3n) is 4.84. The molecule has 0 aromatic heterocycles. The quantitative estimate of drug-likeness (QED) is 0.299. The van der Waals surface area contributed by atoms with Crippen LogP contribution in [0.4, 0.5) is 14.9 Å². The minimum atomic E-state index is -0.971. The van der Waals surface area contributed by atoms with Gasteiger partial charge in [0.1, 0.15) is 23.7 Å². The number of benzene rings is 3. The van der Waals surface area contributed by atoms with Crippen LogP contribution < -0.4 is 15.0 Å². The summed E-state index contributed by atoms with van der Waals surface area (Å²) in [5, 5.41) is 3.02. The van der Waals surface area contributed by atoms with Gasteiger partial charge in [-0.1, -0.05) is 51.3 Å². The van der Waals surface area contributed by atoms with Gasteiger partial charge in [0.05, 0.1) is 5.69 Å². The third kappa shape index (κ3) is 5.14.